The van der Waals surface area contributed by atoms with Crippen molar-refractivity contribution in [3.05, 3.63) is 53.9 Å². The fourth-order valence-corrected chi connectivity index (χ4v) is 2.05. The number of carbonyl (C=O) groups excluding carboxylic acids is 1. The number of tetrazole rings is 1. The summed E-state index contributed by atoms with van der Waals surface area (Å²) in [5, 5.41) is 33.7. The molecule has 1 aromatic heterocycles. The normalized spacial score (nSPS) is 10.8. The Morgan fingerprint density at radius 3 is 2.62 bits per heavy atom. The molecule has 3 rings (SSSR count). The summed E-state index contributed by atoms with van der Waals surface area (Å²) in [5.41, 5.74) is 1.12. The zero-order valence-electron chi connectivity index (χ0n) is 13.7. The standard InChI is InChI=1S/C16H15N7O3/c1-26-12-5-2-10(3-6-12)18-19-11-4-7-14(24)13(8-11)16(25)17-9-15-20-22-23-21-15/h2-8,24H,9H2,1H3,(H,17,25)(H,20,21,22,23)/b19-18+. The van der Waals surface area contributed by atoms with Crippen molar-refractivity contribution in [1.29, 1.82) is 0 Å². The van der Waals surface area contributed by atoms with Crippen LogP contribution in [0.1, 0.15) is 16.2 Å². The molecule has 0 fully saturated rings. The second-order valence-electron chi connectivity index (χ2n) is 5.13. The van der Waals surface area contributed by atoms with E-state index in [-0.39, 0.29) is 17.9 Å². The molecule has 0 spiro atoms. The highest BCUT2D eigenvalue weighted by molar-refractivity contribution is 5.97. The molecule has 0 unspecified atom stereocenters. The average Bonchev–Trinajstić information content (AvgIpc) is 3.19. The van der Waals surface area contributed by atoms with Gasteiger partial charge in [-0.3, -0.25) is 4.79 Å². The number of hydrogen-bond acceptors (Lipinski definition) is 8. The van der Waals surface area contributed by atoms with Gasteiger partial charge in [0.25, 0.3) is 5.91 Å². The molecule has 10 nitrogen and oxygen atoms in total. The zero-order valence-corrected chi connectivity index (χ0v) is 13.7. The molecule has 2 aromatic carbocycles. The summed E-state index contributed by atoms with van der Waals surface area (Å²) in [6, 6.07) is 11.4. The highest BCUT2D eigenvalue weighted by Gasteiger charge is 2.12. The summed E-state index contributed by atoms with van der Waals surface area (Å²) in [6.07, 6.45) is 0. The molecule has 3 aromatic rings. The third kappa shape index (κ3) is 4.17. The third-order valence-corrected chi connectivity index (χ3v) is 3.38. The molecule has 0 atom stereocenters. The van der Waals surface area contributed by atoms with Gasteiger partial charge < -0.3 is 15.2 Å². The highest BCUT2D eigenvalue weighted by atomic mass is 16.5. The van der Waals surface area contributed by atoms with E-state index in [0.717, 1.165) is 5.75 Å². The summed E-state index contributed by atoms with van der Waals surface area (Å²) < 4.78 is 5.08. The number of aromatic hydroxyl groups is 1. The lowest BCUT2D eigenvalue weighted by molar-refractivity contribution is 0.0947. The molecular weight excluding hydrogens is 338 g/mol. The fraction of sp³-hybridized carbons (Fsp3) is 0.125. The minimum absolute atomic E-state index is 0.0728. The van der Waals surface area contributed by atoms with Crippen molar-refractivity contribution in [2.45, 2.75) is 6.54 Å². The van der Waals surface area contributed by atoms with Gasteiger partial charge in [0.15, 0.2) is 5.82 Å². The van der Waals surface area contributed by atoms with Crippen LogP contribution < -0.4 is 10.1 Å². The molecule has 0 saturated heterocycles. The summed E-state index contributed by atoms with van der Waals surface area (Å²) in [6.45, 7) is 0.100. The number of phenols is 1. The summed E-state index contributed by atoms with van der Waals surface area (Å²) >= 11 is 0. The first-order chi connectivity index (χ1) is 12.7. The van der Waals surface area contributed by atoms with Gasteiger partial charge in [0.2, 0.25) is 0 Å². The van der Waals surface area contributed by atoms with E-state index in [1.165, 1.54) is 12.1 Å². The Kier molecular flexibility index (Phi) is 5.13. The number of carbonyl (C=O) groups is 1. The van der Waals surface area contributed by atoms with Crippen molar-refractivity contribution in [3.63, 3.8) is 0 Å². The summed E-state index contributed by atoms with van der Waals surface area (Å²) in [5.74, 6) is 0.463. The fourth-order valence-electron chi connectivity index (χ4n) is 2.05. The molecule has 132 valence electrons. The van der Waals surface area contributed by atoms with E-state index < -0.39 is 5.91 Å². The molecule has 0 radical (unpaired) electrons. The van der Waals surface area contributed by atoms with Gasteiger partial charge >= 0.3 is 0 Å². The number of amides is 1. The van der Waals surface area contributed by atoms with Crippen molar-refractivity contribution < 1.29 is 14.6 Å². The Bertz CT molecular complexity index is 908. The van der Waals surface area contributed by atoms with Gasteiger partial charge in [0.1, 0.15) is 11.5 Å². The number of azo groups is 1. The smallest absolute Gasteiger partial charge is 0.255 e. The predicted octanol–water partition coefficient (Wildman–Crippen LogP) is 2.26. The van der Waals surface area contributed by atoms with Crippen LogP contribution in [0.25, 0.3) is 0 Å². The van der Waals surface area contributed by atoms with Crippen LogP contribution in [0.15, 0.2) is 52.7 Å². The first-order valence-corrected chi connectivity index (χ1v) is 7.55. The molecular formula is C16H15N7O3. The van der Waals surface area contributed by atoms with Gasteiger partial charge in [0, 0.05) is 0 Å². The van der Waals surface area contributed by atoms with Gasteiger partial charge in [-0.15, -0.1) is 5.10 Å². The molecule has 0 bridgehead atoms. The Hall–Kier alpha value is -3.82. The first kappa shape index (κ1) is 17.0. The van der Waals surface area contributed by atoms with E-state index in [9.17, 15) is 9.90 Å². The van der Waals surface area contributed by atoms with E-state index >= 15 is 0 Å². The second kappa shape index (κ2) is 7.83. The summed E-state index contributed by atoms with van der Waals surface area (Å²) in [7, 11) is 1.58. The molecule has 0 saturated carbocycles. The van der Waals surface area contributed by atoms with Gasteiger partial charge in [-0.05, 0) is 52.9 Å². The number of nitrogens with zero attached hydrogens (tertiary/aromatic N) is 5. The second-order valence-corrected chi connectivity index (χ2v) is 5.13. The number of phenolic OH excluding ortho intramolecular Hbond substituents is 1. The van der Waals surface area contributed by atoms with Crippen LogP contribution in [-0.2, 0) is 6.54 Å². The number of hydrogen-bond donors (Lipinski definition) is 3. The number of ether oxygens (including phenoxy) is 1. The molecule has 26 heavy (non-hydrogen) atoms. The van der Waals surface area contributed by atoms with E-state index in [4.69, 9.17) is 4.74 Å². The minimum Gasteiger partial charge on any atom is -0.507 e. The SMILES string of the molecule is COc1ccc(/N=N/c2ccc(O)c(C(=O)NCc3nnn[nH]3)c2)cc1. The number of H-pyrrole nitrogens is 1. The average molecular weight is 353 g/mol. The van der Waals surface area contributed by atoms with Crippen molar-refractivity contribution in [2.24, 2.45) is 10.2 Å². The molecule has 1 amide bonds. The molecule has 10 heteroatoms. The quantitative estimate of drug-likeness (QED) is 0.581. The maximum Gasteiger partial charge on any atom is 0.255 e. The van der Waals surface area contributed by atoms with Crippen LogP contribution in [0.4, 0.5) is 11.4 Å². The van der Waals surface area contributed by atoms with Crippen LogP contribution in [0, 0.1) is 0 Å². The molecule has 0 aliphatic heterocycles. The highest BCUT2D eigenvalue weighted by Crippen LogP contribution is 2.26. The molecule has 1 heterocycles. The molecule has 0 aliphatic rings. The minimum atomic E-state index is -0.486. The maximum atomic E-state index is 12.2. The van der Waals surface area contributed by atoms with E-state index in [1.807, 2.05) is 0 Å². The lowest BCUT2D eigenvalue weighted by Gasteiger charge is -2.06. The first-order valence-electron chi connectivity index (χ1n) is 7.55. The van der Waals surface area contributed by atoms with E-state index in [0.29, 0.717) is 17.2 Å². The van der Waals surface area contributed by atoms with Crippen LogP contribution in [0.2, 0.25) is 0 Å². The van der Waals surface area contributed by atoms with Gasteiger partial charge in [-0.25, -0.2) is 5.10 Å². The summed E-state index contributed by atoms with van der Waals surface area (Å²) in [4.78, 5) is 12.2. The van der Waals surface area contributed by atoms with Crippen molar-refractivity contribution in [2.75, 3.05) is 7.11 Å². The number of rotatable bonds is 6. The Balaban J connectivity index is 1.71. The van der Waals surface area contributed by atoms with Crippen molar-refractivity contribution in [1.82, 2.24) is 25.9 Å². The van der Waals surface area contributed by atoms with E-state index in [2.05, 4.69) is 36.2 Å². The van der Waals surface area contributed by atoms with Gasteiger partial charge in [0.05, 0.1) is 30.6 Å². The number of nitrogens with one attached hydrogen (secondary N) is 2. The maximum absolute atomic E-state index is 12.2. The lowest BCUT2D eigenvalue weighted by atomic mass is 10.1. The Morgan fingerprint density at radius 2 is 1.92 bits per heavy atom. The van der Waals surface area contributed by atoms with Crippen molar-refractivity contribution >= 4 is 17.3 Å². The van der Waals surface area contributed by atoms with E-state index in [1.54, 1.807) is 37.4 Å². The molecule has 3 N–H and O–H groups in total. The number of aromatic amines is 1. The zero-order chi connectivity index (χ0) is 18.4. The monoisotopic (exact) mass is 353 g/mol. The number of methoxy groups -OCH3 is 1. The largest absolute Gasteiger partial charge is 0.507 e. The van der Waals surface area contributed by atoms with Crippen LogP contribution in [-0.4, -0.2) is 38.7 Å². The van der Waals surface area contributed by atoms with Gasteiger partial charge in [-0.1, -0.05) is 0 Å². The van der Waals surface area contributed by atoms with Crippen LogP contribution >= 0.6 is 0 Å². The topological polar surface area (TPSA) is 138 Å². The van der Waals surface area contributed by atoms with Crippen LogP contribution in [0.3, 0.4) is 0 Å². The van der Waals surface area contributed by atoms with Crippen LogP contribution in [0.5, 0.6) is 11.5 Å². The predicted molar refractivity (Wildman–Crippen MR) is 90.6 cm³/mol. The number of benzene rings is 2. The Morgan fingerprint density at radius 1 is 1.19 bits per heavy atom. The van der Waals surface area contributed by atoms with Gasteiger partial charge in [-0.2, -0.15) is 10.2 Å². The third-order valence-electron chi connectivity index (χ3n) is 3.38. The molecule has 0 aliphatic carbocycles. The van der Waals surface area contributed by atoms with Crippen molar-refractivity contribution in [3.8, 4) is 11.5 Å². The lowest BCUT2D eigenvalue weighted by Crippen LogP contribution is -2.23. The Labute approximate surface area is 147 Å². The number of aromatic nitrogens is 4.